The Bertz CT molecular complexity index is 642. The second kappa shape index (κ2) is 5.87. The fraction of sp³-hybridized carbons (Fsp3) is 0.438. The third-order valence-corrected chi connectivity index (χ3v) is 3.96. The minimum Gasteiger partial charge on any atom is -0.451 e. The van der Waals surface area contributed by atoms with Crippen LogP contribution in [0, 0.1) is 6.92 Å². The number of hydrogen-bond donors (Lipinski definition) is 1. The van der Waals surface area contributed by atoms with E-state index in [-0.39, 0.29) is 12.5 Å². The molecule has 1 aromatic carbocycles. The Hall–Kier alpha value is -1.85. The van der Waals surface area contributed by atoms with E-state index in [1.54, 1.807) is 0 Å². The zero-order valence-electron chi connectivity index (χ0n) is 12.2. The quantitative estimate of drug-likeness (QED) is 0.929. The maximum absolute atomic E-state index is 12.5. The molecule has 0 radical (unpaired) electrons. The van der Waals surface area contributed by atoms with E-state index >= 15 is 0 Å². The van der Waals surface area contributed by atoms with Crippen molar-refractivity contribution in [1.82, 2.24) is 9.80 Å². The molecule has 0 aliphatic carbocycles. The number of hydrogen-bond acceptors (Lipinski definition) is 4. The van der Waals surface area contributed by atoms with Crippen LogP contribution in [0.3, 0.4) is 0 Å². The number of aliphatic hydroxyl groups is 1. The van der Waals surface area contributed by atoms with E-state index in [1.807, 2.05) is 36.1 Å². The van der Waals surface area contributed by atoms with Gasteiger partial charge in [0, 0.05) is 38.1 Å². The van der Waals surface area contributed by atoms with Crippen LogP contribution in [0.15, 0.2) is 28.7 Å². The van der Waals surface area contributed by atoms with Gasteiger partial charge in [-0.3, -0.25) is 9.69 Å². The van der Waals surface area contributed by atoms with Gasteiger partial charge in [0.05, 0.1) is 6.61 Å². The van der Waals surface area contributed by atoms with Crippen LogP contribution in [0.5, 0.6) is 0 Å². The molecule has 0 bridgehead atoms. The van der Waals surface area contributed by atoms with Crippen molar-refractivity contribution in [2.45, 2.75) is 6.92 Å². The highest BCUT2D eigenvalue weighted by atomic mass is 16.3. The number of aryl methyl sites for hydroxylation is 1. The molecule has 0 saturated carbocycles. The van der Waals surface area contributed by atoms with Crippen molar-refractivity contribution in [3.05, 3.63) is 35.6 Å². The van der Waals surface area contributed by atoms with Gasteiger partial charge in [-0.25, -0.2) is 0 Å². The van der Waals surface area contributed by atoms with Crippen molar-refractivity contribution in [2.75, 3.05) is 39.3 Å². The van der Waals surface area contributed by atoms with Crippen LogP contribution in [0.25, 0.3) is 11.0 Å². The molecule has 1 amide bonds. The van der Waals surface area contributed by atoms with Gasteiger partial charge in [0.2, 0.25) is 0 Å². The number of rotatable bonds is 3. The smallest absolute Gasteiger partial charge is 0.289 e. The monoisotopic (exact) mass is 288 g/mol. The Morgan fingerprint density at radius 2 is 2.00 bits per heavy atom. The van der Waals surface area contributed by atoms with Crippen molar-refractivity contribution < 1.29 is 14.3 Å². The Morgan fingerprint density at radius 1 is 1.24 bits per heavy atom. The predicted molar refractivity (Wildman–Crippen MR) is 80.4 cm³/mol. The summed E-state index contributed by atoms with van der Waals surface area (Å²) in [6, 6.07) is 7.73. The van der Waals surface area contributed by atoms with Crippen LogP contribution in [0.1, 0.15) is 16.1 Å². The summed E-state index contributed by atoms with van der Waals surface area (Å²) in [4.78, 5) is 16.5. The number of nitrogens with zero attached hydrogens (tertiary/aromatic N) is 2. The normalized spacial score (nSPS) is 16.6. The first-order chi connectivity index (χ1) is 10.2. The zero-order valence-corrected chi connectivity index (χ0v) is 12.2. The molecular formula is C16H20N2O3. The molecule has 1 N–H and O–H groups in total. The highest BCUT2D eigenvalue weighted by molar-refractivity contribution is 5.96. The highest BCUT2D eigenvalue weighted by Gasteiger charge is 2.24. The minimum atomic E-state index is -0.0486. The van der Waals surface area contributed by atoms with Crippen LogP contribution >= 0.6 is 0 Å². The van der Waals surface area contributed by atoms with E-state index in [9.17, 15) is 4.79 Å². The van der Waals surface area contributed by atoms with Gasteiger partial charge in [-0.2, -0.15) is 0 Å². The van der Waals surface area contributed by atoms with Crippen molar-refractivity contribution in [2.24, 2.45) is 0 Å². The topological polar surface area (TPSA) is 56.9 Å². The first-order valence-electron chi connectivity index (χ1n) is 7.30. The first kappa shape index (κ1) is 14.1. The van der Waals surface area contributed by atoms with Crippen molar-refractivity contribution in [1.29, 1.82) is 0 Å². The molecule has 1 saturated heterocycles. The van der Waals surface area contributed by atoms with E-state index in [2.05, 4.69) is 4.90 Å². The molecule has 1 aliphatic heterocycles. The molecule has 5 nitrogen and oxygen atoms in total. The number of piperazine rings is 1. The van der Waals surface area contributed by atoms with Crippen LogP contribution in [-0.4, -0.2) is 60.1 Å². The van der Waals surface area contributed by atoms with Crippen LogP contribution in [0.2, 0.25) is 0 Å². The summed E-state index contributed by atoms with van der Waals surface area (Å²) in [7, 11) is 0. The summed E-state index contributed by atoms with van der Waals surface area (Å²) in [5, 5.41) is 9.91. The van der Waals surface area contributed by atoms with Crippen molar-refractivity contribution >= 4 is 16.9 Å². The Labute approximate surface area is 123 Å². The van der Waals surface area contributed by atoms with Crippen LogP contribution in [0.4, 0.5) is 0 Å². The lowest BCUT2D eigenvalue weighted by molar-refractivity contribution is 0.0587. The molecule has 1 aromatic heterocycles. The summed E-state index contributed by atoms with van der Waals surface area (Å²) in [6.45, 7) is 5.80. The minimum absolute atomic E-state index is 0.0486. The second-order valence-corrected chi connectivity index (χ2v) is 5.51. The van der Waals surface area contributed by atoms with Gasteiger partial charge in [-0.1, -0.05) is 11.6 Å². The van der Waals surface area contributed by atoms with E-state index in [0.717, 1.165) is 29.6 Å². The SMILES string of the molecule is Cc1ccc2oc(C(=O)N3CCN(CCO)CC3)cc2c1. The maximum Gasteiger partial charge on any atom is 0.289 e. The van der Waals surface area contributed by atoms with Gasteiger partial charge in [0.15, 0.2) is 5.76 Å². The van der Waals surface area contributed by atoms with Gasteiger partial charge in [-0.15, -0.1) is 0 Å². The molecule has 21 heavy (non-hydrogen) atoms. The van der Waals surface area contributed by atoms with Crippen LogP contribution < -0.4 is 0 Å². The average Bonchev–Trinajstić information content (AvgIpc) is 2.90. The van der Waals surface area contributed by atoms with Crippen molar-refractivity contribution in [3.63, 3.8) is 0 Å². The lowest BCUT2D eigenvalue weighted by Crippen LogP contribution is -2.49. The Kier molecular flexibility index (Phi) is 3.94. The number of furan rings is 1. The lowest BCUT2D eigenvalue weighted by Gasteiger charge is -2.33. The van der Waals surface area contributed by atoms with Gasteiger partial charge >= 0.3 is 0 Å². The Morgan fingerprint density at radius 3 is 2.71 bits per heavy atom. The third kappa shape index (κ3) is 2.94. The predicted octanol–water partition coefficient (Wildman–Crippen LogP) is 1.49. The molecule has 2 aromatic rings. The number of benzene rings is 1. The molecule has 3 rings (SSSR count). The third-order valence-electron chi connectivity index (χ3n) is 3.96. The molecule has 0 spiro atoms. The Balaban J connectivity index is 1.72. The summed E-state index contributed by atoms with van der Waals surface area (Å²) >= 11 is 0. The standard InChI is InChI=1S/C16H20N2O3/c1-12-2-3-14-13(10-12)11-15(21-14)16(20)18-6-4-17(5-7-18)8-9-19/h2-3,10-11,19H,4-9H2,1H3. The molecule has 0 atom stereocenters. The fourth-order valence-electron chi connectivity index (χ4n) is 2.74. The number of aliphatic hydroxyl groups excluding tert-OH is 1. The highest BCUT2D eigenvalue weighted by Crippen LogP contribution is 2.22. The molecule has 112 valence electrons. The zero-order chi connectivity index (χ0) is 14.8. The molecular weight excluding hydrogens is 268 g/mol. The van der Waals surface area contributed by atoms with Gasteiger partial charge in [0.25, 0.3) is 5.91 Å². The number of β-amino-alcohol motifs (C(OH)–C–C–N with tert-alkyl or cyclic N) is 1. The number of carbonyl (C=O) groups excluding carboxylic acids is 1. The molecule has 5 heteroatoms. The lowest BCUT2D eigenvalue weighted by atomic mass is 10.2. The summed E-state index contributed by atoms with van der Waals surface area (Å²) in [6.07, 6.45) is 0. The summed E-state index contributed by atoms with van der Waals surface area (Å²) < 4.78 is 5.67. The van der Waals surface area contributed by atoms with Crippen molar-refractivity contribution in [3.8, 4) is 0 Å². The number of amides is 1. The van der Waals surface area contributed by atoms with Gasteiger partial charge in [0.1, 0.15) is 5.58 Å². The fourth-order valence-corrected chi connectivity index (χ4v) is 2.74. The molecule has 1 aliphatic rings. The first-order valence-corrected chi connectivity index (χ1v) is 7.30. The maximum atomic E-state index is 12.5. The largest absolute Gasteiger partial charge is 0.451 e. The van der Waals surface area contributed by atoms with Crippen LogP contribution in [-0.2, 0) is 0 Å². The van der Waals surface area contributed by atoms with E-state index in [4.69, 9.17) is 9.52 Å². The van der Waals surface area contributed by atoms with Gasteiger partial charge < -0.3 is 14.4 Å². The van der Waals surface area contributed by atoms with E-state index in [0.29, 0.717) is 25.4 Å². The number of carbonyl (C=O) groups is 1. The summed E-state index contributed by atoms with van der Waals surface area (Å²) in [5.41, 5.74) is 1.91. The molecule has 2 heterocycles. The molecule has 1 fully saturated rings. The second-order valence-electron chi connectivity index (χ2n) is 5.51. The average molecular weight is 288 g/mol. The number of fused-ring (bicyclic) bond motifs is 1. The van der Waals surface area contributed by atoms with Gasteiger partial charge in [-0.05, 0) is 25.1 Å². The summed E-state index contributed by atoms with van der Waals surface area (Å²) in [5.74, 6) is 0.360. The van der Waals surface area contributed by atoms with E-state index in [1.165, 1.54) is 0 Å². The van der Waals surface area contributed by atoms with E-state index < -0.39 is 0 Å². The molecule has 0 unspecified atom stereocenters.